The van der Waals surface area contributed by atoms with Crippen molar-refractivity contribution in [3.63, 3.8) is 0 Å². The van der Waals surface area contributed by atoms with Gasteiger partial charge in [-0.15, -0.1) is 11.3 Å². The van der Waals surface area contributed by atoms with Crippen LogP contribution < -0.4 is 0 Å². The van der Waals surface area contributed by atoms with Gasteiger partial charge in [-0.25, -0.2) is 9.97 Å². The van der Waals surface area contributed by atoms with Gasteiger partial charge in [0, 0.05) is 17.1 Å². The normalized spacial score (nSPS) is 10.7. The Morgan fingerprint density at radius 2 is 1.73 bits per heavy atom. The highest BCUT2D eigenvalue weighted by molar-refractivity contribution is 7.22. The summed E-state index contributed by atoms with van der Waals surface area (Å²) in [6.45, 7) is 0. The van der Waals surface area contributed by atoms with E-state index in [9.17, 15) is 0 Å². The maximum absolute atomic E-state index is 4.24. The Hall–Kier alpha value is -1.74. The van der Waals surface area contributed by atoms with E-state index in [0.29, 0.717) is 0 Å². The van der Waals surface area contributed by atoms with Crippen LogP contribution in [0.5, 0.6) is 0 Å². The Morgan fingerprint density at radius 1 is 0.933 bits per heavy atom. The molecule has 0 saturated heterocycles. The Kier molecular flexibility index (Phi) is 1.96. The topological polar surface area (TPSA) is 25.8 Å². The summed E-state index contributed by atoms with van der Waals surface area (Å²) in [5, 5.41) is 1.25. The fourth-order valence-electron chi connectivity index (χ4n) is 1.52. The second-order valence-corrected chi connectivity index (χ2v) is 4.30. The van der Waals surface area contributed by atoms with E-state index < -0.39 is 0 Å². The van der Waals surface area contributed by atoms with Gasteiger partial charge in [0.05, 0.1) is 4.88 Å². The molecule has 0 fully saturated rings. The molecule has 0 aliphatic carbocycles. The number of hydrogen-bond acceptors (Lipinski definition) is 3. The smallest absolute Gasteiger partial charge is 0.169 e. The molecule has 1 aromatic carbocycles. The molecule has 3 rings (SSSR count). The quantitative estimate of drug-likeness (QED) is 0.618. The first-order valence-electron chi connectivity index (χ1n) is 4.69. The van der Waals surface area contributed by atoms with Gasteiger partial charge in [-0.3, -0.25) is 0 Å². The fourth-order valence-corrected chi connectivity index (χ4v) is 2.53. The van der Waals surface area contributed by atoms with Gasteiger partial charge in [0.15, 0.2) is 5.82 Å². The molecule has 0 saturated carbocycles. The summed E-state index contributed by atoms with van der Waals surface area (Å²) in [5.74, 6) is 0.804. The van der Waals surface area contributed by atoms with Crippen LogP contribution in [0.15, 0.2) is 48.8 Å². The molecule has 0 aliphatic rings. The molecule has 0 aliphatic heterocycles. The highest BCUT2D eigenvalue weighted by atomic mass is 32.1. The number of rotatable bonds is 1. The summed E-state index contributed by atoms with van der Waals surface area (Å²) < 4.78 is 1.28. The zero-order chi connectivity index (χ0) is 10.1. The summed E-state index contributed by atoms with van der Waals surface area (Å²) >= 11 is 1.73. The molecule has 0 amide bonds. The number of aromatic nitrogens is 2. The average Bonchev–Trinajstić information content (AvgIpc) is 2.74. The van der Waals surface area contributed by atoms with E-state index in [0.717, 1.165) is 10.7 Å². The first kappa shape index (κ1) is 8.56. The lowest BCUT2D eigenvalue weighted by atomic mass is 10.2. The van der Waals surface area contributed by atoms with E-state index in [4.69, 9.17) is 0 Å². The molecule has 2 heterocycles. The lowest BCUT2D eigenvalue weighted by Gasteiger charge is -1.91. The molecular weight excluding hydrogens is 204 g/mol. The van der Waals surface area contributed by atoms with Crippen molar-refractivity contribution in [3.05, 3.63) is 48.8 Å². The van der Waals surface area contributed by atoms with E-state index in [1.807, 2.05) is 12.1 Å². The Labute approximate surface area is 91.2 Å². The second-order valence-electron chi connectivity index (χ2n) is 3.22. The maximum atomic E-state index is 4.24. The zero-order valence-electron chi connectivity index (χ0n) is 7.92. The lowest BCUT2D eigenvalue weighted by Crippen LogP contribution is -1.81. The highest BCUT2D eigenvalue weighted by Crippen LogP contribution is 2.30. The van der Waals surface area contributed by atoms with Crippen molar-refractivity contribution in [1.82, 2.24) is 9.97 Å². The van der Waals surface area contributed by atoms with Crippen molar-refractivity contribution in [2.75, 3.05) is 0 Å². The predicted octanol–water partition coefficient (Wildman–Crippen LogP) is 3.36. The SMILES string of the molecule is c1cnc(-c2cc3ccccc3s2)nc1. The third kappa shape index (κ3) is 1.51. The van der Waals surface area contributed by atoms with Crippen molar-refractivity contribution in [2.45, 2.75) is 0 Å². The largest absolute Gasteiger partial charge is 0.236 e. The van der Waals surface area contributed by atoms with Gasteiger partial charge in [0.2, 0.25) is 0 Å². The van der Waals surface area contributed by atoms with Crippen LogP contribution in [0.1, 0.15) is 0 Å². The molecule has 2 aromatic heterocycles. The van der Waals surface area contributed by atoms with E-state index in [1.165, 1.54) is 10.1 Å². The van der Waals surface area contributed by atoms with Crippen LogP contribution in [-0.2, 0) is 0 Å². The molecule has 3 heteroatoms. The molecule has 0 unspecified atom stereocenters. The van der Waals surface area contributed by atoms with Crippen molar-refractivity contribution in [3.8, 4) is 10.7 Å². The zero-order valence-corrected chi connectivity index (χ0v) is 8.74. The molecule has 0 bridgehead atoms. The third-order valence-electron chi connectivity index (χ3n) is 2.21. The van der Waals surface area contributed by atoms with Crippen LogP contribution in [0.25, 0.3) is 20.8 Å². The van der Waals surface area contributed by atoms with Gasteiger partial charge in [0.25, 0.3) is 0 Å². The standard InChI is InChI=1S/C12H8N2S/c1-2-5-10-9(4-1)8-11(15-10)12-13-6-3-7-14-12/h1-8H. The molecular formula is C12H8N2S. The van der Waals surface area contributed by atoms with Gasteiger partial charge in [-0.05, 0) is 23.6 Å². The lowest BCUT2D eigenvalue weighted by molar-refractivity contribution is 1.19. The minimum absolute atomic E-state index is 0.804. The third-order valence-corrected chi connectivity index (χ3v) is 3.32. The summed E-state index contributed by atoms with van der Waals surface area (Å²) in [5.41, 5.74) is 0. The Morgan fingerprint density at radius 3 is 2.53 bits per heavy atom. The number of fused-ring (bicyclic) bond motifs is 1. The summed E-state index contributed by atoms with van der Waals surface area (Å²) in [6, 6.07) is 12.3. The predicted molar refractivity (Wildman–Crippen MR) is 62.9 cm³/mol. The molecule has 0 spiro atoms. The van der Waals surface area contributed by atoms with Crippen molar-refractivity contribution in [1.29, 1.82) is 0 Å². The van der Waals surface area contributed by atoms with E-state index in [-0.39, 0.29) is 0 Å². The molecule has 2 nitrogen and oxygen atoms in total. The van der Waals surface area contributed by atoms with Crippen LogP contribution in [0.4, 0.5) is 0 Å². The maximum Gasteiger partial charge on any atom is 0.169 e. The minimum atomic E-state index is 0.804. The molecule has 0 N–H and O–H groups in total. The fraction of sp³-hybridized carbons (Fsp3) is 0. The second kappa shape index (κ2) is 3.44. The van der Waals surface area contributed by atoms with Gasteiger partial charge < -0.3 is 0 Å². The molecule has 15 heavy (non-hydrogen) atoms. The summed E-state index contributed by atoms with van der Waals surface area (Å²) in [6.07, 6.45) is 3.54. The summed E-state index contributed by atoms with van der Waals surface area (Å²) in [4.78, 5) is 9.61. The molecule has 3 aromatic rings. The number of hydrogen-bond donors (Lipinski definition) is 0. The van der Waals surface area contributed by atoms with Crippen LogP contribution in [0.2, 0.25) is 0 Å². The number of nitrogens with zero attached hydrogens (tertiary/aromatic N) is 2. The van der Waals surface area contributed by atoms with Gasteiger partial charge in [0.1, 0.15) is 0 Å². The minimum Gasteiger partial charge on any atom is -0.236 e. The number of benzene rings is 1. The van der Waals surface area contributed by atoms with Crippen molar-refractivity contribution >= 4 is 21.4 Å². The van der Waals surface area contributed by atoms with E-state index in [2.05, 4.69) is 34.2 Å². The van der Waals surface area contributed by atoms with E-state index >= 15 is 0 Å². The van der Waals surface area contributed by atoms with Crippen LogP contribution >= 0.6 is 11.3 Å². The van der Waals surface area contributed by atoms with Gasteiger partial charge in [-0.1, -0.05) is 18.2 Å². The van der Waals surface area contributed by atoms with Crippen molar-refractivity contribution in [2.24, 2.45) is 0 Å². The van der Waals surface area contributed by atoms with Crippen LogP contribution in [-0.4, -0.2) is 9.97 Å². The Bertz CT molecular complexity index is 554. The summed E-state index contributed by atoms with van der Waals surface area (Å²) in [7, 11) is 0. The van der Waals surface area contributed by atoms with Crippen molar-refractivity contribution < 1.29 is 0 Å². The van der Waals surface area contributed by atoms with Crippen LogP contribution in [0.3, 0.4) is 0 Å². The highest BCUT2D eigenvalue weighted by Gasteiger charge is 2.04. The first-order chi connectivity index (χ1) is 7.43. The monoisotopic (exact) mass is 212 g/mol. The molecule has 0 atom stereocenters. The molecule has 72 valence electrons. The first-order valence-corrected chi connectivity index (χ1v) is 5.51. The molecule has 0 radical (unpaired) electrons. The Balaban J connectivity index is 2.21. The number of thiophene rings is 1. The van der Waals surface area contributed by atoms with Gasteiger partial charge in [-0.2, -0.15) is 0 Å². The average molecular weight is 212 g/mol. The van der Waals surface area contributed by atoms with Gasteiger partial charge >= 0.3 is 0 Å². The van der Waals surface area contributed by atoms with E-state index in [1.54, 1.807) is 23.7 Å². The van der Waals surface area contributed by atoms with Crippen LogP contribution in [0, 0.1) is 0 Å².